The molecule has 0 aliphatic carbocycles. The fourth-order valence-corrected chi connectivity index (χ4v) is 4.52. The monoisotopic (exact) mass is 368 g/mol. The van der Waals surface area contributed by atoms with Crippen molar-refractivity contribution in [1.82, 2.24) is 9.97 Å². The van der Waals surface area contributed by atoms with Gasteiger partial charge in [-0.1, -0.05) is 6.07 Å². The molecule has 6 nitrogen and oxygen atoms in total. The molecule has 118 valence electrons. The van der Waals surface area contributed by atoms with Crippen LogP contribution >= 0.6 is 22.7 Å². The van der Waals surface area contributed by atoms with Crippen molar-refractivity contribution in [2.45, 2.75) is 0 Å². The average Bonchev–Trinajstić information content (AvgIpc) is 3.25. The van der Waals surface area contributed by atoms with E-state index < -0.39 is 0 Å². The standard InChI is InChI=1S/C18H4N6S2/c1-20-13(8-19)17-23-11-5-4-9-6-12-14(7-10(9)15(11)26-17)25-18(24-12)16(21-2)22-3/h4-7H/b17-13-. The number of fused-ring (bicyclic) bond motifs is 4. The first-order valence-electron chi connectivity index (χ1n) is 7.09. The summed E-state index contributed by atoms with van der Waals surface area (Å²) in [5.41, 5.74) is 1.44. The topological polar surface area (TPSA) is 62.6 Å². The summed E-state index contributed by atoms with van der Waals surface area (Å²) in [5, 5.41) is 11.0. The molecule has 0 N–H and O–H groups in total. The zero-order chi connectivity index (χ0) is 18.3. The predicted octanol–water partition coefficient (Wildman–Crippen LogP) is 3.51. The van der Waals surface area contributed by atoms with Gasteiger partial charge in [0.05, 0.1) is 33.1 Å². The molecule has 0 atom stereocenters. The smallest absolute Gasteiger partial charge is 0.248 e. The SMILES string of the molecule is [C-]#[N+]C([N+]#[C-])=c1nc2cc3ccc4n/c(=C(\C#N)[N+]#[C-])sc4c3cc2s1. The number of hydrogen-bond acceptors (Lipinski definition) is 5. The fourth-order valence-electron chi connectivity index (χ4n) is 2.57. The molecule has 8 heteroatoms. The van der Waals surface area contributed by atoms with Crippen LogP contribution in [0.4, 0.5) is 0 Å². The Hall–Kier alpha value is -3.82. The maximum atomic E-state index is 9.07. The third kappa shape index (κ3) is 2.27. The molecule has 0 aliphatic heterocycles. The number of aromatic nitrogens is 2. The van der Waals surface area contributed by atoms with E-state index in [2.05, 4.69) is 24.5 Å². The first kappa shape index (κ1) is 15.7. The van der Waals surface area contributed by atoms with Gasteiger partial charge in [0, 0.05) is 5.39 Å². The lowest BCUT2D eigenvalue weighted by atomic mass is 10.1. The van der Waals surface area contributed by atoms with Crippen molar-refractivity contribution in [3.05, 3.63) is 67.8 Å². The number of rotatable bonds is 0. The minimum Gasteiger partial charge on any atom is -0.248 e. The maximum absolute atomic E-state index is 9.07. The minimum absolute atomic E-state index is 0.0196. The summed E-state index contributed by atoms with van der Waals surface area (Å²) in [6.07, 6.45) is 0. The van der Waals surface area contributed by atoms with E-state index in [0.29, 0.717) is 9.33 Å². The van der Waals surface area contributed by atoms with Gasteiger partial charge in [-0.15, -0.1) is 22.7 Å². The van der Waals surface area contributed by atoms with E-state index in [9.17, 15) is 0 Å². The van der Waals surface area contributed by atoms with Crippen LogP contribution in [0.5, 0.6) is 0 Å². The van der Waals surface area contributed by atoms with E-state index in [1.54, 1.807) is 0 Å². The summed E-state index contributed by atoms with van der Waals surface area (Å²) >= 11 is 2.61. The van der Waals surface area contributed by atoms with E-state index in [1.807, 2.05) is 30.3 Å². The van der Waals surface area contributed by atoms with Gasteiger partial charge >= 0.3 is 5.82 Å². The maximum Gasteiger partial charge on any atom is 0.555 e. The lowest BCUT2D eigenvalue weighted by Gasteiger charge is -1.98. The van der Waals surface area contributed by atoms with Gasteiger partial charge in [0.25, 0.3) is 5.70 Å². The Labute approximate surface area is 154 Å². The highest BCUT2D eigenvalue weighted by Crippen LogP contribution is 2.30. The Balaban J connectivity index is 2.14. The van der Waals surface area contributed by atoms with Crippen molar-refractivity contribution in [3.63, 3.8) is 0 Å². The molecule has 2 heterocycles. The van der Waals surface area contributed by atoms with E-state index >= 15 is 0 Å². The van der Waals surface area contributed by atoms with Crippen LogP contribution < -0.4 is 9.33 Å². The highest BCUT2D eigenvalue weighted by Gasteiger charge is 2.13. The van der Waals surface area contributed by atoms with Crippen LogP contribution in [0.1, 0.15) is 0 Å². The first-order valence-corrected chi connectivity index (χ1v) is 8.72. The van der Waals surface area contributed by atoms with E-state index in [0.717, 1.165) is 31.2 Å². The highest BCUT2D eigenvalue weighted by atomic mass is 32.1. The average molecular weight is 368 g/mol. The van der Waals surface area contributed by atoms with Crippen LogP contribution in [0.2, 0.25) is 0 Å². The fraction of sp³-hybridized carbons (Fsp3) is 0. The first-order chi connectivity index (χ1) is 12.7. The normalized spacial score (nSPS) is 11.5. The van der Waals surface area contributed by atoms with Crippen molar-refractivity contribution >= 4 is 65.4 Å². The number of benzene rings is 2. The summed E-state index contributed by atoms with van der Waals surface area (Å²) in [6, 6.07) is 9.53. The molecular weight excluding hydrogens is 364 g/mol. The predicted molar refractivity (Wildman–Crippen MR) is 102 cm³/mol. The quantitative estimate of drug-likeness (QED) is 0.446. The summed E-state index contributed by atoms with van der Waals surface area (Å²) in [4.78, 5) is 18.5. The summed E-state index contributed by atoms with van der Waals surface area (Å²) in [5.74, 6) is -0.0363. The van der Waals surface area contributed by atoms with Gasteiger partial charge in [-0.3, -0.25) is 0 Å². The van der Waals surface area contributed by atoms with Gasteiger partial charge in [0.1, 0.15) is 17.8 Å². The molecule has 0 spiro atoms. The molecule has 0 aliphatic rings. The molecule has 0 saturated heterocycles. The molecule has 4 rings (SSSR count). The van der Waals surface area contributed by atoms with Gasteiger partial charge in [0.15, 0.2) is 0 Å². The Morgan fingerprint density at radius 2 is 1.73 bits per heavy atom. The highest BCUT2D eigenvalue weighted by molar-refractivity contribution is 7.18. The van der Waals surface area contributed by atoms with Crippen molar-refractivity contribution < 1.29 is 0 Å². The second-order valence-corrected chi connectivity index (χ2v) is 7.14. The van der Waals surface area contributed by atoms with E-state index in [4.69, 9.17) is 25.0 Å². The second-order valence-electron chi connectivity index (χ2n) is 5.11. The van der Waals surface area contributed by atoms with Crippen LogP contribution in [0, 0.1) is 31.0 Å². The number of hydrogen-bond donors (Lipinski definition) is 0. The van der Waals surface area contributed by atoms with E-state index in [-0.39, 0.29) is 11.5 Å². The molecule has 0 bridgehead atoms. The van der Waals surface area contributed by atoms with Crippen molar-refractivity contribution in [1.29, 1.82) is 5.26 Å². The Kier molecular flexibility index (Phi) is 3.57. The zero-order valence-corrected chi connectivity index (χ0v) is 14.4. The Bertz CT molecular complexity index is 1490. The number of nitriles is 1. The largest absolute Gasteiger partial charge is 0.555 e. The molecule has 2 aromatic heterocycles. The number of nitrogens with zero attached hydrogens (tertiary/aromatic N) is 6. The minimum atomic E-state index is -0.0363. The van der Waals surface area contributed by atoms with Gasteiger partial charge in [-0.2, -0.15) is 9.69 Å². The third-order valence-electron chi connectivity index (χ3n) is 3.70. The lowest BCUT2D eigenvalue weighted by molar-refractivity contribution is 1.40. The molecule has 4 aromatic rings. The molecule has 0 saturated carbocycles. The molecule has 0 fully saturated rings. The Morgan fingerprint density at radius 1 is 0.962 bits per heavy atom. The van der Waals surface area contributed by atoms with E-state index in [1.165, 1.54) is 22.7 Å². The summed E-state index contributed by atoms with van der Waals surface area (Å²) < 4.78 is 2.58. The summed E-state index contributed by atoms with van der Waals surface area (Å²) in [6.45, 7) is 21.3. The van der Waals surface area contributed by atoms with Gasteiger partial charge in [0.2, 0.25) is 4.66 Å². The van der Waals surface area contributed by atoms with Crippen molar-refractivity contribution in [3.8, 4) is 6.07 Å². The Morgan fingerprint density at radius 3 is 2.42 bits per heavy atom. The molecule has 0 unspecified atom stereocenters. The van der Waals surface area contributed by atoms with Crippen LogP contribution in [-0.2, 0) is 0 Å². The van der Waals surface area contributed by atoms with Gasteiger partial charge in [-0.25, -0.2) is 20.1 Å². The zero-order valence-electron chi connectivity index (χ0n) is 12.8. The molecule has 0 radical (unpaired) electrons. The van der Waals surface area contributed by atoms with Crippen LogP contribution in [-0.4, -0.2) is 9.97 Å². The van der Waals surface area contributed by atoms with Crippen molar-refractivity contribution in [2.24, 2.45) is 0 Å². The van der Waals surface area contributed by atoms with Crippen LogP contribution in [0.25, 0.3) is 57.3 Å². The number of thiazole rings is 2. The van der Waals surface area contributed by atoms with Crippen molar-refractivity contribution in [2.75, 3.05) is 0 Å². The van der Waals surface area contributed by atoms with Crippen LogP contribution in [0.15, 0.2) is 24.3 Å². The van der Waals surface area contributed by atoms with Gasteiger partial charge in [-0.05, 0) is 23.6 Å². The molecule has 0 amide bonds. The third-order valence-corrected chi connectivity index (χ3v) is 5.83. The van der Waals surface area contributed by atoms with Gasteiger partial charge < -0.3 is 0 Å². The molecule has 26 heavy (non-hydrogen) atoms. The van der Waals surface area contributed by atoms with Crippen LogP contribution in [0.3, 0.4) is 0 Å². The molecule has 2 aromatic carbocycles. The second kappa shape index (κ2) is 5.92. The summed E-state index contributed by atoms with van der Waals surface area (Å²) in [7, 11) is 0. The molecular formula is C18H4N6S2. The lowest BCUT2D eigenvalue weighted by Crippen LogP contribution is -1.99.